The minimum Gasteiger partial charge on any atom is -0.347 e. The Morgan fingerprint density at radius 3 is 2.58 bits per heavy atom. The molecule has 3 aliphatic heterocycles. The van der Waals surface area contributed by atoms with E-state index in [9.17, 15) is 4.79 Å². The minimum atomic E-state index is -0.443. The summed E-state index contributed by atoms with van der Waals surface area (Å²) in [5.74, 6) is -0.453. The van der Waals surface area contributed by atoms with E-state index in [0.29, 0.717) is 31.2 Å². The quantitative estimate of drug-likeness (QED) is 0.665. The summed E-state index contributed by atoms with van der Waals surface area (Å²) in [7, 11) is 0. The number of carbonyl (C=O) groups excluding carboxylic acids is 1. The Kier molecular flexibility index (Phi) is 6.27. The Bertz CT molecular complexity index is 1070. The van der Waals surface area contributed by atoms with Gasteiger partial charge < -0.3 is 9.47 Å². The molecule has 0 bridgehead atoms. The Balaban J connectivity index is 1.38. The van der Waals surface area contributed by atoms with E-state index in [1.54, 1.807) is 5.01 Å². The molecule has 1 spiro atoms. The Morgan fingerprint density at radius 2 is 1.85 bits per heavy atom. The summed E-state index contributed by atoms with van der Waals surface area (Å²) in [5.41, 5.74) is 5.29. The second-order valence-corrected chi connectivity index (χ2v) is 9.64. The molecule has 33 heavy (non-hydrogen) atoms. The van der Waals surface area contributed by atoms with Crippen molar-refractivity contribution < 1.29 is 14.3 Å². The van der Waals surface area contributed by atoms with E-state index in [1.165, 1.54) is 5.56 Å². The first kappa shape index (κ1) is 22.5. The van der Waals surface area contributed by atoms with Crippen molar-refractivity contribution in [3.63, 3.8) is 0 Å². The van der Waals surface area contributed by atoms with Gasteiger partial charge in [-0.2, -0.15) is 5.10 Å². The first-order chi connectivity index (χ1) is 15.9. The van der Waals surface area contributed by atoms with Crippen LogP contribution in [0.2, 0.25) is 5.02 Å². The number of amides is 1. The molecule has 2 aromatic rings. The molecule has 1 atom stereocenters. The van der Waals surface area contributed by atoms with Crippen LogP contribution in [0.3, 0.4) is 0 Å². The summed E-state index contributed by atoms with van der Waals surface area (Å²) in [6.45, 7) is 7.33. The van der Waals surface area contributed by atoms with Crippen LogP contribution in [-0.4, -0.2) is 60.2 Å². The largest absolute Gasteiger partial charge is 0.347 e. The highest BCUT2D eigenvalue weighted by molar-refractivity contribution is 6.31. The molecule has 5 rings (SSSR count). The van der Waals surface area contributed by atoms with Crippen molar-refractivity contribution in [1.82, 2.24) is 9.91 Å². The van der Waals surface area contributed by atoms with Gasteiger partial charge in [0.05, 0.1) is 31.5 Å². The molecule has 0 radical (unpaired) electrons. The van der Waals surface area contributed by atoms with Crippen molar-refractivity contribution in [1.29, 1.82) is 0 Å². The van der Waals surface area contributed by atoms with E-state index in [0.717, 1.165) is 48.3 Å². The lowest BCUT2D eigenvalue weighted by molar-refractivity contribution is -0.186. The Labute approximate surface area is 200 Å². The van der Waals surface area contributed by atoms with Crippen LogP contribution in [0.5, 0.6) is 0 Å². The first-order valence-electron chi connectivity index (χ1n) is 11.7. The first-order valence-corrected chi connectivity index (χ1v) is 12.0. The minimum absolute atomic E-state index is 0.00978. The molecular weight excluding hydrogens is 438 g/mol. The second kappa shape index (κ2) is 9.18. The van der Waals surface area contributed by atoms with Crippen LogP contribution < -0.4 is 0 Å². The monoisotopic (exact) mass is 467 g/mol. The fourth-order valence-corrected chi connectivity index (χ4v) is 5.30. The molecule has 7 heteroatoms. The van der Waals surface area contributed by atoms with E-state index < -0.39 is 5.79 Å². The number of rotatable bonds is 4. The van der Waals surface area contributed by atoms with E-state index in [2.05, 4.69) is 36.9 Å². The van der Waals surface area contributed by atoms with Gasteiger partial charge in [0.2, 0.25) is 0 Å². The molecule has 2 aromatic carbocycles. The summed E-state index contributed by atoms with van der Waals surface area (Å²) in [5, 5.41) is 7.18. The van der Waals surface area contributed by atoms with Crippen LogP contribution in [0.1, 0.15) is 47.6 Å². The molecule has 0 saturated carbocycles. The zero-order chi connectivity index (χ0) is 23.0. The third-order valence-corrected chi connectivity index (χ3v) is 7.27. The average molecular weight is 468 g/mol. The predicted octanol–water partition coefficient (Wildman–Crippen LogP) is 4.47. The fourth-order valence-electron chi connectivity index (χ4n) is 5.04. The van der Waals surface area contributed by atoms with E-state index in [1.807, 2.05) is 24.3 Å². The number of benzene rings is 2. The highest BCUT2D eigenvalue weighted by atomic mass is 35.5. The number of hydrazone groups is 1. The van der Waals surface area contributed by atoms with Crippen molar-refractivity contribution in [2.45, 2.75) is 44.9 Å². The number of hydrogen-bond acceptors (Lipinski definition) is 5. The molecular formula is C26H30ClN3O3. The number of piperidine rings is 1. The van der Waals surface area contributed by atoms with Crippen molar-refractivity contribution in [3.05, 3.63) is 69.7 Å². The zero-order valence-corrected chi connectivity index (χ0v) is 20.0. The summed E-state index contributed by atoms with van der Waals surface area (Å²) < 4.78 is 11.7. The van der Waals surface area contributed by atoms with Crippen LogP contribution in [0.15, 0.2) is 47.6 Å². The number of ether oxygens (including phenoxy) is 2. The topological polar surface area (TPSA) is 54.4 Å². The Hall–Kier alpha value is -2.25. The maximum Gasteiger partial charge on any atom is 0.257 e. The lowest BCUT2D eigenvalue weighted by Gasteiger charge is -2.37. The molecule has 1 amide bonds. The molecule has 0 aromatic heterocycles. The van der Waals surface area contributed by atoms with Crippen LogP contribution in [-0.2, 0) is 14.3 Å². The summed E-state index contributed by atoms with van der Waals surface area (Å²) >= 11 is 6.56. The smallest absolute Gasteiger partial charge is 0.257 e. The number of nitrogens with zero attached hydrogens (tertiary/aromatic N) is 3. The summed E-state index contributed by atoms with van der Waals surface area (Å²) in [4.78, 5) is 15.7. The van der Waals surface area contributed by atoms with Gasteiger partial charge in [0.25, 0.3) is 5.91 Å². The van der Waals surface area contributed by atoms with Gasteiger partial charge in [-0.25, -0.2) is 5.01 Å². The maximum atomic E-state index is 13.5. The van der Waals surface area contributed by atoms with Crippen LogP contribution in [0.4, 0.5) is 0 Å². The molecule has 3 aliphatic rings. The van der Waals surface area contributed by atoms with Gasteiger partial charge in [-0.15, -0.1) is 0 Å². The van der Waals surface area contributed by atoms with E-state index in [-0.39, 0.29) is 11.9 Å². The molecule has 2 saturated heterocycles. The molecule has 174 valence electrons. The summed E-state index contributed by atoms with van der Waals surface area (Å²) in [6.07, 6.45) is 2.21. The number of likely N-dealkylation sites (tertiary alicyclic amines) is 1. The van der Waals surface area contributed by atoms with Crippen molar-refractivity contribution >= 4 is 23.2 Å². The SMILES string of the molecule is Cc1ccc(C)c(C2=NN(C(=O)CN3CCC4(CC3)OCCO4)[C@H](c3ccccc3Cl)C2)c1. The highest BCUT2D eigenvalue weighted by Crippen LogP contribution is 2.37. The van der Waals surface area contributed by atoms with Gasteiger partial charge in [0.15, 0.2) is 5.79 Å². The molecule has 0 unspecified atom stereocenters. The van der Waals surface area contributed by atoms with Gasteiger partial charge in [-0.1, -0.05) is 47.5 Å². The molecule has 6 nitrogen and oxygen atoms in total. The average Bonchev–Trinajstić information content (AvgIpc) is 3.45. The van der Waals surface area contributed by atoms with Gasteiger partial charge in [-0.05, 0) is 37.1 Å². The van der Waals surface area contributed by atoms with E-state index >= 15 is 0 Å². The lowest BCUT2D eigenvalue weighted by atomic mass is 9.95. The van der Waals surface area contributed by atoms with E-state index in [4.69, 9.17) is 26.2 Å². The molecule has 0 N–H and O–H groups in total. The molecule has 0 aliphatic carbocycles. The summed E-state index contributed by atoms with van der Waals surface area (Å²) in [6, 6.07) is 13.9. The van der Waals surface area contributed by atoms with Crippen molar-refractivity contribution in [3.8, 4) is 0 Å². The number of aryl methyl sites for hydroxylation is 2. The van der Waals surface area contributed by atoms with Gasteiger partial charge in [0, 0.05) is 42.9 Å². The zero-order valence-electron chi connectivity index (χ0n) is 19.2. The standard InChI is InChI=1S/C26H30ClN3O3/c1-18-7-8-19(2)21(15-18)23-16-24(20-5-3-4-6-22(20)27)30(28-23)25(31)17-29-11-9-26(10-12-29)32-13-14-33-26/h3-8,15,24H,9-14,16-17H2,1-2H3/t24-/m0/s1. The lowest BCUT2D eigenvalue weighted by Crippen LogP contribution is -2.48. The number of hydrogen-bond donors (Lipinski definition) is 0. The van der Waals surface area contributed by atoms with Crippen LogP contribution in [0.25, 0.3) is 0 Å². The maximum absolute atomic E-state index is 13.5. The fraction of sp³-hybridized carbons (Fsp3) is 0.462. The third-order valence-electron chi connectivity index (χ3n) is 6.92. The third kappa shape index (κ3) is 4.58. The van der Waals surface area contributed by atoms with Gasteiger partial charge >= 0.3 is 0 Å². The van der Waals surface area contributed by atoms with Gasteiger partial charge in [0.1, 0.15) is 0 Å². The van der Waals surface area contributed by atoms with Crippen molar-refractivity contribution in [2.75, 3.05) is 32.8 Å². The predicted molar refractivity (Wildman–Crippen MR) is 128 cm³/mol. The molecule has 3 heterocycles. The molecule has 2 fully saturated rings. The highest BCUT2D eigenvalue weighted by Gasteiger charge is 2.41. The normalized spacial score (nSPS) is 22.7. The Morgan fingerprint density at radius 1 is 1.12 bits per heavy atom. The van der Waals surface area contributed by atoms with Crippen molar-refractivity contribution in [2.24, 2.45) is 5.10 Å². The van der Waals surface area contributed by atoms with Crippen LogP contribution in [0, 0.1) is 13.8 Å². The van der Waals surface area contributed by atoms with Gasteiger partial charge in [-0.3, -0.25) is 9.69 Å². The van der Waals surface area contributed by atoms with Crippen LogP contribution >= 0.6 is 11.6 Å². The number of halogens is 1. The second-order valence-electron chi connectivity index (χ2n) is 9.23. The number of carbonyl (C=O) groups is 1.